The van der Waals surface area contributed by atoms with Crippen LogP contribution in [0, 0.1) is 0 Å². The first kappa shape index (κ1) is 18.4. The largest absolute Gasteiger partial charge is 0.301 e. The molecule has 0 fully saturated rings. The summed E-state index contributed by atoms with van der Waals surface area (Å²) in [6.45, 7) is 0. The van der Waals surface area contributed by atoms with Crippen LogP contribution < -0.4 is 5.32 Å². The molecule has 0 saturated carbocycles. The van der Waals surface area contributed by atoms with Gasteiger partial charge < -0.3 is 5.32 Å². The normalized spacial score (nSPS) is 11.7. The average Bonchev–Trinajstić information content (AvgIpc) is 3.22. The van der Waals surface area contributed by atoms with E-state index in [1.54, 1.807) is 12.4 Å². The van der Waals surface area contributed by atoms with E-state index < -0.39 is 0 Å². The van der Waals surface area contributed by atoms with Gasteiger partial charge >= 0.3 is 0 Å². The number of carbonyl (C=O) groups is 1. The lowest BCUT2D eigenvalue weighted by Gasteiger charge is -2.16. The molecule has 1 unspecified atom stereocenters. The summed E-state index contributed by atoms with van der Waals surface area (Å²) in [5.74, 6) is -0.0873. The molecule has 0 aliphatic heterocycles. The van der Waals surface area contributed by atoms with E-state index in [4.69, 9.17) is 0 Å². The number of amides is 1. The Morgan fingerprint density at radius 1 is 0.929 bits per heavy atom. The number of anilines is 1. The molecule has 2 aromatic heterocycles. The molecule has 0 saturated heterocycles. The summed E-state index contributed by atoms with van der Waals surface area (Å²) in [4.78, 5) is 22.7. The summed E-state index contributed by atoms with van der Waals surface area (Å²) in [7, 11) is 0. The monoisotopic (exact) mass is 403 g/mol. The third kappa shape index (κ3) is 4.47. The fourth-order valence-corrected chi connectivity index (χ4v) is 4.46. The minimum Gasteiger partial charge on any atom is -0.301 e. The minimum atomic E-state index is -0.364. The number of nitrogens with zero attached hydrogens (tertiary/aromatic N) is 2. The van der Waals surface area contributed by atoms with Gasteiger partial charge in [0.15, 0.2) is 5.13 Å². The summed E-state index contributed by atoms with van der Waals surface area (Å²) in [6.07, 6.45) is 3.46. The van der Waals surface area contributed by atoms with E-state index in [0.717, 1.165) is 21.7 Å². The van der Waals surface area contributed by atoms with Gasteiger partial charge in [-0.15, -0.1) is 23.1 Å². The predicted molar refractivity (Wildman–Crippen MR) is 115 cm³/mol. The number of hydrogen-bond acceptors (Lipinski definition) is 5. The van der Waals surface area contributed by atoms with Crippen molar-refractivity contribution in [3.8, 4) is 11.3 Å². The number of rotatable bonds is 6. The molecule has 2 heterocycles. The quantitative estimate of drug-likeness (QED) is 0.421. The van der Waals surface area contributed by atoms with E-state index in [-0.39, 0.29) is 11.2 Å². The SMILES string of the molecule is O=C(Nc1nc(-c2ccncc2)cs1)C(Sc1ccccc1)c1ccccc1. The van der Waals surface area contributed by atoms with Gasteiger partial charge in [0, 0.05) is 28.2 Å². The van der Waals surface area contributed by atoms with Crippen LogP contribution in [0.15, 0.2) is 95.5 Å². The van der Waals surface area contributed by atoms with E-state index in [1.165, 1.54) is 23.1 Å². The third-order valence-corrected chi connectivity index (χ3v) is 6.07. The second-order valence-corrected chi connectivity index (χ2v) is 8.02. The lowest BCUT2D eigenvalue weighted by atomic mass is 10.1. The molecular weight excluding hydrogens is 386 g/mol. The Labute approximate surface area is 171 Å². The van der Waals surface area contributed by atoms with Crippen LogP contribution in [0.2, 0.25) is 0 Å². The second-order valence-electron chi connectivity index (χ2n) is 5.98. The predicted octanol–water partition coefficient (Wildman–Crippen LogP) is 5.68. The number of nitrogens with one attached hydrogen (secondary N) is 1. The van der Waals surface area contributed by atoms with Crippen LogP contribution in [-0.2, 0) is 4.79 Å². The van der Waals surface area contributed by atoms with Crippen LogP contribution in [0.4, 0.5) is 5.13 Å². The molecule has 0 radical (unpaired) electrons. The second kappa shape index (κ2) is 8.82. The Balaban J connectivity index is 1.55. The van der Waals surface area contributed by atoms with Crippen LogP contribution in [0.25, 0.3) is 11.3 Å². The molecule has 138 valence electrons. The molecule has 6 heteroatoms. The van der Waals surface area contributed by atoms with Crippen molar-refractivity contribution in [3.05, 3.63) is 96.1 Å². The minimum absolute atomic E-state index is 0.0873. The Bertz CT molecular complexity index is 1040. The van der Waals surface area contributed by atoms with Gasteiger partial charge in [-0.1, -0.05) is 48.5 Å². The lowest BCUT2D eigenvalue weighted by molar-refractivity contribution is -0.115. The van der Waals surface area contributed by atoms with Gasteiger partial charge in [0.1, 0.15) is 5.25 Å². The number of benzene rings is 2. The van der Waals surface area contributed by atoms with E-state index in [0.29, 0.717) is 5.13 Å². The zero-order valence-corrected chi connectivity index (χ0v) is 16.5. The molecule has 0 aliphatic carbocycles. The lowest BCUT2D eigenvalue weighted by Crippen LogP contribution is -2.18. The van der Waals surface area contributed by atoms with Crippen LogP contribution in [0.3, 0.4) is 0 Å². The van der Waals surface area contributed by atoms with Crippen molar-refractivity contribution in [3.63, 3.8) is 0 Å². The molecular formula is C22H17N3OS2. The van der Waals surface area contributed by atoms with Crippen molar-refractivity contribution < 1.29 is 4.79 Å². The molecule has 28 heavy (non-hydrogen) atoms. The highest BCUT2D eigenvalue weighted by Crippen LogP contribution is 2.36. The average molecular weight is 404 g/mol. The van der Waals surface area contributed by atoms with Gasteiger partial charge in [0.25, 0.3) is 0 Å². The molecule has 4 aromatic rings. The van der Waals surface area contributed by atoms with Crippen LogP contribution in [-0.4, -0.2) is 15.9 Å². The zero-order chi connectivity index (χ0) is 19.2. The van der Waals surface area contributed by atoms with Crippen molar-refractivity contribution in [2.24, 2.45) is 0 Å². The van der Waals surface area contributed by atoms with Crippen molar-refractivity contribution in [2.45, 2.75) is 10.1 Å². The zero-order valence-electron chi connectivity index (χ0n) is 14.9. The topological polar surface area (TPSA) is 54.9 Å². The molecule has 0 aliphatic rings. The molecule has 0 spiro atoms. The maximum atomic E-state index is 13.1. The van der Waals surface area contributed by atoms with E-state index in [1.807, 2.05) is 78.2 Å². The summed E-state index contributed by atoms with van der Waals surface area (Å²) >= 11 is 2.95. The highest BCUT2D eigenvalue weighted by Gasteiger charge is 2.23. The van der Waals surface area contributed by atoms with E-state index >= 15 is 0 Å². The van der Waals surface area contributed by atoms with Crippen LogP contribution >= 0.6 is 23.1 Å². The van der Waals surface area contributed by atoms with Gasteiger partial charge in [0.05, 0.1) is 5.69 Å². The first-order valence-corrected chi connectivity index (χ1v) is 10.5. The highest BCUT2D eigenvalue weighted by atomic mass is 32.2. The highest BCUT2D eigenvalue weighted by molar-refractivity contribution is 8.00. The Morgan fingerprint density at radius 2 is 1.61 bits per heavy atom. The number of thiazole rings is 1. The first-order valence-electron chi connectivity index (χ1n) is 8.73. The molecule has 4 nitrogen and oxygen atoms in total. The maximum absolute atomic E-state index is 13.1. The Hall–Kier alpha value is -2.96. The summed E-state index contributed by atoms with van der Waals surface area (Å²) < 4.78 is 0. The van der Waals surface area contributed by atoms with Gasteiger partial charge in [-0.3, -0.25) is 9.78 Å². The smallest absolute Gasteiger partial charge is 0.244 e. The first-order chi connectivity index (χ1) is 13.8. The van der Waals surface area contributed by atoms with Crippen molar-refractivity contribution in [1.82, 2.24) is 9.97 Å². The summed E-state index contributed by atoms with van der Waals surface area (Å²) in [6, 6.07) is 23.6. The van der Waals surface area contributed by atoms with Crippen molar-refractivity contribution in [2.75, 3.05) is 5.32 Å². The third-order valence-electron chi connectivity index (χ3n) is 4.05. The molecule has 1 amide bonds. The molecule has 4 rings (SSSR count). The van der Waals surface area contributed by atoms with Gasteiger partial charge in [-0.05, 0) is 29.8 Å². The van der Waals surface area contributed by atoms with Gasteiger partial charge in [0.2, 0.25) is 5.91 Å². The summed E-state index contributed by atoms with van der Waals surface area (Å²) in [5, 5.41) is 5.15. The fourth-order valence-electron chi connectivity index (χ4n) is 2.69. The number of pyridine rings is 1. The summed E-state index contributed by atoms with van der Waals surface area (Å²) in [5.41, 5.74) is 2.76. The molecule has 0 bridgehead atoms. The Kier molecular flexibility index (Phi) is 5.80. The van der Waals surface area contributed by atoms with Crippen molar-refractivity contribution >= 4 is 34.1 Å². The van der Waals surface area contributed by atoms with Crippen LogP contribution in [0.1, 0.15) is 10.8 Å². The number of thioether (sulfide) groups is 1. The number of aromatic nitrogens is 2. The fraction of sp³-hybridized carbons (Fsp3) is 0.0455. The standard InChI is InChI=1S/C22H17N3OS2/c26-21(25-22-24-19(15-27-22)16-11-13-23-14-12-16)20(17-7-3-1-4-8-17)28-18-9-5-2-6-10-18/h1-15,20H,(H,24,25,26). The molecule has 2 aromatic carbocycles. The van der Waals surface area contributed by atoms with Gasteiger partial charge in [-0.2, -0.15) is 0 Å². The van der Waals surface area contributed by atoms with E-state index in [2.05, 4.69) is 15.3 Å². The maximum Gasteiger partial charge on any atom is 0.244 e. The molecule has 1 atom stereocenters. The van der Waals surface area contributed by atoms with Gasteiger partial charge in [-0.25, -0.2) is 4.98 Å². The number of hydrogen-bond donors (Lipinski definition) is 1. The molecule has 1 N–H and O–H groups in total. The van der Waals surface area contributed by atoms with E-state index in [9.17, 15) is 4.79 Å². The van der Waals surface area contributed by atoms with Crippen LogP contribution in [0.5, 0.6) is 0 Å². The Morgan fingerprint density at radius 3 is 2.32 bits per heavy atom. The number of carbonyl (C=O) groups excluding carboxylic acids is 1. The van der Waals surface area contributed by atoms with Crippen molar-refractivity contribution in [1.29, 1.82) is 0 Å².